The van der Waals surface area contributed by atoms with Crippen LogP contribution < -0.4 is 15.4 Å². The molecule has 1 aromatic heterocycles. The highest BCUT2D eigenvalue weighted by atomic mass is 35.5. The quantitative estimate of drug-likeness (QED) is 0.229. The number of rotatable bonds is 9. The molecule has 0 bridgehead atoms. The van der Waals surface area contributed by atoms with Gasteiger partial charge in [-0.25, -0.2) is 27.3 Å². The molecule has 0 fully saturated rings. The number of imidazole rings is 1. The van der Waals surface area contributed by atoms with Gasteiger partial charge in [0, 0.05) is 35.1 Å². The van der Waals surface area contributed by atoms with E-state index < -0.39 is 15.8 Å². The molecule has 4 rings (SSSR count). The van der Waals surface area contributed by atoms with E-state index in [1.165, 1.54) is 36.4 Å². The van der Waals surface area contributed by atoms with Gasteiger partial charge in [0.15, 0.2) is 0 Å². The summed E-state index contributed by atoms with van der Waals surface area (Å²) in [6, 6.07) is 15.2. The van der Waals surface area contributed by atoms with E-state index in [4.69, 9.17) is 28.2 Å². The number of nitrogens with one attached hydrogen (secondary N) is 3. The molecule has 0 aliphatic carbocycles. The summed E-state index contributed by atoms with van der Waals surface area (Å²) < 4.78 is 43.7. The molecular weight excluding hydrogens is 576 g/mol. The lowest BCUT2D eigenvalue weighted by molar-refractivity contribution is 0.232. The Hall–Kier alpha value is -3.18. The van der Waals surface area contributed by atoms with Gasteiger partial charge in [-0.1, -0.05) is 41.4 Å². The Balaban J connectivity index is 1.61. The number of sulfonamides is 1. The van der Waals surface area contributed by atoms with Crippen molar-refractivity contribution in [2.45, 2.75) is 50.7 Å². The summed E-state index contributed by atoms with van der Waals surface area (Å²) in [6.45, 7) is 6.36. The van der Waals surface area contributed by atoms with Gasteiger partial charge >= 0.3 is 6.03 Å². The lowest BCUT2D eigenvalue weighted by atomic mass is 10.1. The summed E-state index contributed by atoms with van der Waals surface area (Å²) in [5.41, 5.74) is 2.24. The average molecular weight is 607 g/mol. The SMILES string of the molecule is CC(C)(C)NC(=O)NCCc1nc2cc(S(=O)(=O)NCc3ccc(F)cc3)ccc2n1Cc1ccc(Cl)cc1Cl. The van der Waals surface area contributed by atoms with Crippen LogP contribution in [0, 0.1) is 5.82 Å². The van der Waals surface area contributed by atoms with Crippen molar-refractivity contribution in [3.05, 3.63) is 93.5 Å². The highest BCUT2D eigenvalue weighted by Crippen LogP contribution is 2.26. The molecule has 0 spiro atoms. The summed E-state index contributed by atoms with van der Waals surface area (Å²) >= 11 is 12.5. The predicted octanol–water partition coefficient (Wildman–Crippen LogP) is 5.65. The molecule has 12 heteroatoms. The molecule has 212 valence electrons. The smallest absolute Gasteiger partial charge is 0.315 e. The number of nitrogens with zero attached hydrogens (tertiary/aromatic N) is 2. The van der Waals surface area contributed by atoms with Crippen LogP contribution in [-0.2, 0) is 29.5 Å². The summed E-state index contributed by atoms with van der Waals surface area (Å²) in [6.07, 6.45) is 0.391. The Bertz CT molecular complexity index is 1630. The van der Waals surface area contributed by atoms with E-state index in [1.54, 1.807) is 18.2 Å². The van der Waals surface area contributed by atoms with Crippen LogP contribution in [0.15, 0.2) is 65.6 Å². The number of fused-ring (bicyclic) bond motifs is 1. The van der Waals surface area contributed by atoms with Gasteiger partial charge in [-0.2, -0.15) is 0 Å². The van der Waals surface area contributed by atoms with Crippen molar-refractivity contribution < 1.29 is 17.6 Å². The molecule has 3 aromatic carbocycles. The summed E-state index contributed by atoms with van der Waals surface area (Å²) in [4.78, 5) is 17.0. The second-order valence-corrected chi connectivity index (χ2v) is 12.9. The van der Waals surface area contributed by atoms with Crippen LogP contribution in [0.1, 0.15) is 37.7 Å². The standard InChI is InChI=1S/C28H30Cl2FN5O3S/c1-28(2,3)35-27(37)32-13-12-26-34-24-15-22(40(38,39)33-16-18-4-8-21(31)9-5-18)10-11-25(24)36(26)17-19-6-7-20(29)14-23(19)30/h4-11,14-15,33H,12-13,16-17H2,1-3H3,(H2,32,35,37). The van der Waals surface area contributed by atoms with E-state index >= 15 is 0 Å². The van der Waals surface area contributed by atoms with Crippen molar-refractivity contribution in [1.29, 1.82) is 0 Å². The van der Waals surface area contributed by atoms with Gasteiger partial charge in [0.25, 0.3) is 0 Å². The van der Waals surface area contributed by atoms with Crippen LogP contribution in [-0.4, -0.2) is 36.1 Å². The Labute approximate surface area is 242 Å². The largest absolute Gasteiger partial charge is 0.338 e. The van der Waals surface area contributed by atoms with Gasteiger partial charge in [0.1, 0.15) is 11.6 Å². The van der Waals surface area contributed by atoms with E-state index in [2.05, 4.69) is 15.4 Å². The molecule has 2 amide bonds. The summed E-state index contributed by atoms with van der Waals surface area (Å²) in [5, 5.41) is 6.70. The van der Waals surface area contributed by atoms with Crippen LogP contribution in [0.5, 0.6) is 0 Å². The first-order valence-corrected chi connectivity index (χ1v) is 14.8. The minimum atomic E-state index is -3.87. The second-order valence-electron chi connectivity index (χ2n) is 10.3. The minimum absolute atomic E-state index is 0.0116. The zero-order valence-electron chi connectivity index (χ0n) is 22.3. The zero-order valence-corrected chi connectivity index (χ0v) is 24.6. The van der Waals surface area contributed by atoms with Crippen LogP contribution in [0.4, 0.5) is 9.18 Å². The lowest BCUT2D eigenvalue weighted by Crippen LogP contribution is -2.46. The molecular formula is C28H30Cl2FN5O3S. The topological polar surface area (TPSA) is 105 Å². The first-order chi connectivity index (χ1) is 18.8. The van der Waals surface area contributed by atoms with E-state index in [-0.39, 0.29) is 23.0 Å². The van der Waals surface area contributed by atoms with Gasteiger partial charge in [-0.3, -0.25) is 0 Å². The predicted molar refractivity (Wildman–Crippen MR) is 156 cm³/mol. The molecule has 4 aromatic rings. The minimum Gasteiger partial charge on any atom is -0.338 e. The maximum absolute atomic E-state index is 13.2. The fraction of sp³-hybridized carbons (Fsp3) is 0.286. The zero-order chi connectivity index (χ0) is 29.1. The number of halogens is 3. The van der Waals surface area contributed by atoms with E-state index in [9.17, 15) is 17.6 Å². The van der Waals surface area contributed by atoms with E-state index in [0.29, 0.717) is 52.0 Å². The summed E-state index contributed by atoms with van der Waals surface area (Å²) in [5.74, 6) is 0.249. The maximum atomic E-state index is 13.2. The fourth-order valence-corrected chi connectivity index (χ4v) is 5.56. The third-order valence-electron chi connectivity index (χ3n) is 5.95. The van der Waals surface area contributed by atoms with Crippen LogP contribution in [0.2, 0.25) is 10.0 Å². The second kappa shape index (κ2) is 12.1. The number of urea groups is 1. The van der Waals surface area contributed by atoms with Gasteiger partial charge in [0.05, 0.1) is 22.5 Å². The van der Waals surface area contributed by atoms with Crippen LogP contribution in [0.3, 0.4) is 0 Å². The van der Waals surface area contributed by atoms with Crippen LogP contribution in [0.25, 0.3) is 11.0 Å². The molecule has 8 nitrogen and oxygen atoms in total. The first-order valence-electron chi connectivity index (χ1n) is 12.5. The van der Waals surface area contributed by atoms with Gasteiger partial charge in [-0.15, -0.1) is 0 Å². The number of benzene rings is 3. The highest BCUT2D eigenvalue weighted by Gasteiger charge is 2.19. The molecule has 0 radical (unpaired) electrons. The fourth-order valence-electron chi connectivity index (χ4n) is 4.05. The number of carbonyl (C=O) groups is 1. The van der Waals surface area contributed by atoms with Crippen molar-refractivity contribution in [3.8, 4) is 0 Å². The molecule has 0 atom stereocenters. The normalized spacial score (nSPS) is 12.1. The molecule has 0 saturated carbocycles. The van der Waals surface area contributed by atoms with Gasteiger partial charge in [-0.05, 0) is 74.4 Å². The number of aromatic nitrogens is 2. The number of amides is 2. The maximum Gasteiger partial charge on any atom is 0.315 e. The van der Waals surface area contributed by atoms with Crippen molar-refractivity contribution in [2.75, 3.05) is 6.54 Å². The Morgan fingerprint density at radius 1 is 1.02 bits per heavy atom. The Morgan fingerprint density at radius 2 is 1.75 bits per heavy atom. The molecule has 1 heterocycles. The Morgan fingerprint density at radius 3 is 2.42 bits per heavy atom. The summed E-state index contributed by atoms with van der Waals surface area (Å²) in [7, 11) is -3.87. The first kappa shape index (κ1) is 29.8. The third kappa shape index (κ3) is 7.72. The third-order valence-corrected chi connectivity index (χ3v) is 7.94. The van der Waals surface area contributed by atoms with Crippen molar-refractivity contribution in [3.63, 3.8) is 0 Å². The molecule has 0 saturated heterocycles. The number of carbonyl (C=O) groups excluding carboxylic acids is 1. The van der Waals surface area contributed by atoms with E-state index in [0.717, 1.165) is 5.56 Å². The van der Waals surface area contributed by atoms with Crippen molar-refractivity contribution in [2.24, 2.45) is 0 Å². The lowest BCUT2D eigenvalue weighted by Gasteiger charge is -2.20. The highest BCUT2D eigenvalue weighted by molar-refractivity contribution is 7.89. The number of hydrogen-bond acceptors (Lipinski definition) is 4. The van der Waals surface area contributed by atoms with E-state index in [1.807, 2.05) is 31.4 Å². The average Bonchev–Trinajstić information content (AvgIpc) is 3.20. The molecule has 40 heavy (non-hydrogen) atoms. The van der Waals surface area contributed by atoms with Gasteiger partial charge < -0.3 is 15.2 Å². The molecule has 0 aliphatic rings. The van der Waals surface area contributed by atoms with Crippen molar-refractivity contribution in [1.82, 2.24) is 24.9 Å². The molecule has 3 N–H and O–H groups in total. The molecule has 0 unspecified atom stereocenters. The number of hydrogen-bond donors (Lipinski definition) is 3. The van der Waals surface area contributed by atoms with Gasteiger partial charge in [0.2, 0.25) is 10.0 Å². The van der Waals surface area contributed by atoms with Crippen LogP contribution >= 0.6 is 23.2 Å². The Kier molecular flexibility index (Phi) is 9.04. The van der Waals surface area contributed by atoms with Crippen molar-refractivity contribution >= 4 is 50.3 Å². The molecule has 0 aliphatic heterocycles. The monoisotopic (exact) mass is 605 g/mol.